The Balaban J connectivity index is 1.68. The zero-order valence-corrected chi connectivity index (χ0v) is 16.5. The maximum absolute atomic E-state index is 12.6. The molecule has 2 aromatic rings. The third-order valence-corrected chi connectivity index (χ3v) is 5.38. The molecule has 1 saturated heterocycles. The number of carbonyl (C=O) groups excluding carboxylic acids is 1. The van der Waals surface area contributed by atoms with Crippen LogP contribution in [0.25, 0.3) is 0 Å². The van der Waals surface area contributed by atoms with Gasteiger partial charge in [-0.1, -0.05) is 32.9 Å². The van der Waals surface area contributed by atoms with Crippen molar-refractivity contribution >= 4 is 5.91 Å². The predicted octanol–water partition coefficient (Wildman–Crippen LogP) is 3.89. The summed E-state index contributed by atoms with van der Waals surface area (Å²) < 4.78 is 2.16. The first-order valence-electron chi connectivity index (χ1n) is 9.60. The Bertz CT molecular complexity index is 733. The van der Waals surface area contributed by atoms with E-state index in [0.717, 1.165) is 18.7 Å². The van der Waals surface area contributed by atoms with Crippen LogP contribution in [0, 0.1) is 0 Å². The summed E-state index contributed by atoms with van der Waals surface area (Å²) in [5.41, 5.74) is 3.33. The average Bonchev–Trinajstić information content (AvgIpc) is 3.27. The summed E-state index contributed by atoms with van der Waals surface area (Å²) >= 11 is 0. The summed E-state index contributed by atoms with van der Waals surface area (Å²) in [4.78, 5) is 15.1. The Kier molecular flexibility index (Phi) is 5.52. The van der Waals surface area contributed by atoms with E-state index >= 15 is 0 Å². The monoisotopic (exact) mass is 353 g/mol. The summed E-state index contributed by atoms with van der Waals surface area (Å²) in [6, 6.07) is 12.5. The van der Waals surface area contributed by atoms with Gasteiger partial charge in [0.25, 0.3) is 5.91 Å². The van der Waals surface area contributed by atoms with E-state index in [4.69, 9.17) is 0 Å². The maximum Gasteiger partial charge on any atom is 0.251 e. The van der Waals surface area contributed by atoms with Crippen LogP contribution in [0.5, 0.6) is 0 Å². The number of rotatable bonds is 5. The van der Waals surface area contributed by atoms with Gasteiger partial charge in [0.15, 0.2) is 0 Å². The molecular weight excluding hydrogens is 322 g/mol. The first kappa shape index (κ1) is 18.7. The third kappa shape index (κ3) is 4.18. The van der Waals surface area contributed by atoms with Crippen molar-refractivity contribution in [1.82, 2.24) is 14.8 Å². The highest BCUT2D eigenvalue weighted by atomic mass is 16.1. The van der Waals surface area contributed by atoms with Gasteiger partial charge in [-0.05, 0) is 61.2 Å². The van der Waals surface area contributed by atoms with Crippen LogP contribution < -0.4 is 5.32 Å². The van der Waals surface area contributed by atoms with Crippen molar-refractivity contribution in [2.45, 2.75) is 45.1 Å². The van der Waals surface area contributed by atoms with E-state index in [1.807, 2.05) is 12.1 Å². The summed E-state index contributed by atoms with van der Waals surface area (Å²) in [6.45, 7) is 9.39. The Labute approximate surface area is 157 Å². The molecule has 3 rings (SSSR count). The predicted molar refractivity (Wildman–Crippen MR) is 106 cm³/mol. The van der Waals surface area contributed by atoms with Gasteiger partial charge in [0, 0.05) is 31.0 Å². The fourth-order valence-electron chi connectivity index (χ4n) is 3.71. The van der Waals surface area contributed by atoms with Crippen molar-refractivity contribution in [3.63, 3.8) is 0 Å². The smallest absolute Gasteiger partial charge is 0.251 e. The number of amides is 1. The Morgan fingerprint density at radius 2 is 1.77 bits per heavy atom. The molecule has 2 heterocycles. The lowest BCUT2D eigenvalue weighted by Crippen LogP contribution is -2.37. The molecule has 1 amide bonds. The second-order valence-electron chi connectivity index (χ2n) is 8.34. The van der Waals surface area contributed by atoms with Crippen LogP contribution >= 0.6 is 0 Å². The fourth-order valence-corrected chi connectivity index (χ4v) is 3.71. The van der Waals surface area contributed by atoms with Gasteiger partial charge < -0.3 is 9.88 Å². The average molecular weight is 354 g/mol. The van der Waals surface area contributed by atoms with Gasteiger partial charge in [-0.25, -0.2) is 0 Å². The largest absolute Gasteiger partial charge is 0.353 e. The lowest BCUT2D eigenvalue weighted by atomic mass is 9.87. The van der Waals surface area contributed by atoms with E-state index < -0.39 is 0 Å². The minimum Gasteiger partial charge on any atom is -0.353 e. The van der Waals surface area contributed by atoms with Crippen LogP contribution in [-0.4, -0.2) is 35.0 Å². The second-order valence-corrected chi connectivity index (χ2v) is 8.34. The maximum atomic E-state index is 12.6. The molecule has 4 heteroatoms. The van der Waals surface area contributed by atoms with E-state index in [1.165, 1.54) is 24.1 Å². The molecule has 1 aliphatic heterocycles. The van der Waals surface area contributed by atoms with Crippen LogP contribution in [-0.2, 0) is 12.5 Å². The number of likely N-dealkylation sites (tertiary alicyclic amines) is 1. The lowest BCUT2D eigenvalue weighted by molar-refractivity contribution is 0.0936. The highest BCUT2D eigenvalue weighted by molar-refractivity contribution is 5.94. The van der Waals surface area contributed by atoms with Crippen molar-refractivity contribution in [1.29, 1.82) is 0 Å². The number of carbonyl (C=O) groups is 1. The van der Waals surface area contributed by atoms with E-state index in [2.05, 4.69) is 73.1 Å². The number of hydrogen-bond donors (Lipinski definition) is 1. The minimum absolute atomic E-state index is 0.00358. The molecule has 4 nitrogen and oxygen atoms in total. The second kappa shape index (κ2) is 7.67. The van der Waals surface area contributed by atoms with Gasteiger partial charge in [0.05, 0.1) is 6.04 Å². The molecule has 26 heavy (non-hydrogen) atoms. The summed E-state index contributed by atoms with van der Waals surface area (Å²) in [5.74, 6) is 0.00358. The molecule has 1 N–H and O–H groups in total. The molecule has 0 aliphatic carbocycles. The summed E-state index contributed by atoms with van der Waals surface area (Å²) in [7, 11) is 2.07. The number of aromatic nitrogens is 1. The normalized spacial score (nSPS) is 16.6. The number of nitrogens with zero attached hydrogens (tertiary/aromatic N) is 2. The molecule has 1 aromatic heterocycles. The van der Waals surface area contributed by atoms with Gasteiger partial charge in [-0.3, -0.25) is 9.69 Å². The third-order valence-electron chi connectivity index (χ3n) is 5.38. The van der Waals surface area contributed by atoms with E-state index in [1.54, 1.807) is 0 Å². The lowest BCUT2D eigenvalue weighted by Gasteiger charge is -2.28. The number of hydrogen-bond acceptors (Lipinski definition) is 2. The van der Waals surface area contributed by atoms with Crippen molar-refractivity contribution in [3.8, 4) is 0 Å². The van der Waals surface area contributed by atoms with E-state index in [-0.39, 0.29) is 17.4 Å². The molecule has 1 aliphatic rings. The van der Waals surface area contributed by atoms with Crippen LogP contribution in [0.4, 0.5) is 0 Å². The summed E-state index contributed by atoms with van der Waals surface area (Å²) in [5, 5.41) is 3.16. The highest BCUT2D eigenvalue weighted by Crippen LogP contribution is 2.25. The Morgan fingerprint density at radius 1 is 1.12 bits per heavy atom. The first-order valence-corrected chi connectivity index (χ1v) is 9.60. The molecule has 0 bridgehead atoms. The van der Waals surface area contributed by atoms with E-state index in [9.17, 15) is 4.79 Å². The topological polar surface area (TPSA) is 37.3 Å². The van der Waals surface area contributed by atoms with Crippen LogP contribution in [0.15, 0.2) is 42.6 Å². The summed E-state index contributed by atoms with van der Waals surface area (Å²) in [6.07, 6.45) is 4.55. The standard InChI is InChI=1S/C22H31N3O/c1-22(2,3)18-11-9-17(10-12-18)21(26)23-16-20(25-14-5-6-15-25)19-8-7-13-24(19)4/h7-13,20H,5-6,14-16H2,1-4H3,(H,23,26)/t20-/m0/s1. The highest BCUT2D eigenvalue weighted by Gasteiger charge is 2.25. The fraction of sp³-hybridized carbons (Fsp3) is 0.500. The molecule has 140 valence electrons. The molecule has 0 radical (unpaired) electrons. The number of aryl methyl sites for hydroxylation is 1. The zero-order valence-electron chi connectivity index (χ0n) is 16.5. The first-order chi connectivity index (χ1) is 12.4. The number of benzene rings is 1. The van der Waals surface area contributed by atoms with Crippen LogP contribution in [0.2, 0.25) is 0 Å². The van der Waals surface area contributed by atoms with E-state index in [0.29, 0.717) is 6.54 Å². The minimum atomic E-state index is 0.00358. The number of nitrogens with one attached hydrogen (secondary N) is 1. The van der Waals surface area contributed by atoms with Gasteiger partial charge in [0.2, 0.25) is 0 Å². The SMILES string of the molecule is Cn1cccc1[C@H](CNC(=O)c1ccc(C(C)(C)C)cc1)N1CCCC1. The van der Waals surface area contributed by atoms with Crippen molar-refractivity contribution < 1.29 is 4.79 Å². The Morgan fingerprint density at radius 3 is 2.31 bits per heavy atom. The van der Waals surface area contributed by atoms with Crippen molar-refractivity contribution in [2.24, 2.45) is 7.05 Å². The Hall–Kier alpha value is -2.07. The van der Waals surface area contributed by atoms with Crippen LogP contribution in [0.1, 0.15) is 61.3 Å². The molecular formula is C22H31N3O. The van der Waals surface area contributed by atoms with Gasteiger partial charge >= 0.3 is 0 Å². The van der Waals surface area contributed by atoms with Gasteiger partial charge in [-0.15, -0.1) is 0 Å². The molecule has 1 atom stereocenters. The molecule has 0 saturated carbocycles. The zero-order chi connectivity index (χ0) is 18.7. The molecule has 1 aromatic carbocycles. The molecule has 0 unspecified atom stereocenters. The van der Waals surface area contributed by atoms with Crippen LogP contribution in [0.3, 0.4) is 0 Å². The van der Waals surface area contributed by atoms with Gasteiger partial charge in [-0.2, -0.15) is 0 Å². The molecule has 1 fully saturated rings. The molecule has 0 spiro atoms. The van der Waals surface area contributed by atoms with Crippen molar-refractivity contribution in [2.75, 3.05) is 19.6 Å². The quantitative estimate of drug-likeness (QED) is 0.885. The van der Waals surface area contributed by atoms with Gasteiger partial charge in [0.1, 0.15) is 0 Å². The van der Waals surface area contributed by atoms with Crippen molar-refractivity contribution in [3.05, 3.63) is 59.4 Å².